The Balaban J connectivity index is 1.71. The summed E-state index contributed by atoms with van der Waals surface area (Å²) in [6.07, 6.45) is 2.28. The van der Waals surface area contributed by atoms with Gasteiger partial charge in [-0.3, -0.25) is 4.79 Å². The Morgan fingerprint density at radius 1 is 1.00 bits per heavy atom. The second kappa shape index (κ2) is 7.18. The Morgan fingerprint density at radius 2 is 1.72 bits per heavy atom. The molecule has 3 aromatic rings. The topological polar surface area (TPSA) is 79.8 Å². The number of rotatable bonds is 4. The molecule has 1 amide bonds. The van der Waals surface area contributed by atoms with E-state index in [9.17, 15) is 13.6 Å². The maximum Gasteiger partial charge on any atom is 0.277 e. The molecule has 0 aliphatic carbocycles. The van der Waals surface area contributed by atoms with Gasteiger partial charge in [0.2, 0.25) is 5.28 Å². The van der Waals surface area contributed by atoms with Gasteiger partial charge in [0.1, 0.15) is 0 Å². The zero-order valence-corrected chi connectivity index (χ0v) is 13.3. The molecule has 0 spiro atoms. The third-order valence-corrected chi connectivity index (χ3v) is 3.28. The fourth-order valence-corrected chi connectivity index (χ4v) is 2.08. The van der Waals surface area contributed by atoms with E-state index in [1.807, 2.05) is 0 Å². The summed E-state index contributed by atoms with van der Waals surface area (Å²) in [7, 11) is 0. The molecule has 0 saturated carbocycles. The zero-order chi connectivity index (χ0) is 17.8. The highest BCUT2D eigenvalue weighted by Gasteiger charge is 2.13. The van der Waals surface area contributed by atoms with Gasteiger partial charge in [-0.1, -0.05) is 0 Å². The van der Waals surface area contributed by atoms with Crippen LogP contribution < -0.4 is 10.6 Å². The number of aromatic nitrogens is 3. The van der Waals surface area contributed by atoms with Gasteiger partial charge >= 0.3 is 0 Å². The first kappa shape index (κ1) is 16.7. The third-order valence-electron chi connectivity index (χ3n) is 3.09. The molecule has 0 bridgehead atoms. The van der Waals surface area contributed by atoms with Crippen LogP contribution in [0.5, 0.6) is 0 Å². The number of carbonyl (C=O) groups is 1. The van der Waals surface area contributed by atoms with E-state index < -0.39 is 17.5 Å². The van der Waals surface area contributed by atoms with E-state index in [1.54, 1.807) is 24.3 Å². The van der Waals surface area contributed by atoms with Gasteiger partial charge < -0.3 is 10.6 Å². The van der Waals surface area contributed by atoms with Crippen molar-refractivity contribution in [1.82, 2.24) is 15.0 Å². The van der Waals surface area contributed by atoms with Crippen molar-refractivity contribution in [3.63, 3.8) is 0 Å². The fraction of sp³-hybridized carbons (Fsp3) is 0. The van der Waals surface area contributed by atoms with E-state index in [0.29, 0.717) is 11.4 Å². The molecule has 3 rings (SSSR count). The van der Waals surface area contributed by atoms with Crippen LogP contribution in [0.4, 0.5) is 26.0 Å². The van der Waals surface area contributed by atoms with Crippen molar-refractivity contribution in [3.05, 3.63) is 71.4 Å². The third kappa shape index (κ3) is 4.04. The molecule has 6 nitrogen and oxygen atoms in total. The van der Waals surface area contributed by atoms with Gasteiger partial charge in [0.15, 0.2) is 23.1 Å². The predicted octanol–water partition coefficient (Wildman–Crippen LogP) is 3.80. The van der Waals surface area contributed by atoms with Gasteiger partial charge in [-0.05, 0) is 48.0 Å². The van der Waals surface area contributed by atoms with E-state index in [0.717, 1.165) is 12.3 Å². The van der Waals surface area contributed by atoms with Gasteiger partial charge in [-0.15, -0.1) is 0 Å². The van der Waals surface area contributed by atoms with Crippen LogP contribution >= 0.6 is 11.6 Å². The molecule has 2 heterocycles. The van der Waals surface area contributed by atoms with Crippen molar-refractivity contribution in [2.45, 2.75) is 0 Å². The van der Waals surface area contributed by atoms with Crippen LogP contribution in [0.15, 0.2) is 48.8 Å². The number of halogens is 3. The average molecular weight is 362 g/mol. The first-order valence-corrected chi connectivity index (χ1v) is 7.38. The highest BCUT2D eigenvalue weighted by atomic mass is 35.5. The lowest BCUT2D eigenvalue weighted by molar-refractivity contribution is 0.101. The minimum absolute atomic E-state index is 0.0765. The SMILES string of the molecule is O=C(Nc1ccc(Nc2nc(Cl)ncc2F)cc1)c1ncccc1F. The second-order valence-electron chi connectivity index (χ2n) is 4.83. The van der Waals surface area contributed by atoms with Gasteiger partial charge in [0.25, 0.3) is 5.91 Å². The maximum absolute atomic E-state index is 13.6. The number of amides is 1. The Hall–Kier alpha value is -3.13. The highest BCUT2D eigenvalue weighted by molar-refractivity contribution is 6.28. The summed E-state index contributed by atoms with van der Waals surface area (Å²) in [5.41, 5.74) is 0.625. The number of nitrogens with one attached hydrogen (secondary N) is 2. The standard InChI is InChI=1S/C16H10ClF2N5O/c17-16-21-8-12(19)14(24-16)22-9-3-5-10(6-4-9)23-15(25)13-11(18)2-1-7-20-13/h1-8H,(H,23,25)(H,21,22,24). The number of anilines is 3. The van der Waals surface area contributed by atoms with Gasteiger partial charge in [0, 0.05) is 17.6 Å². The maximum atomic E-state index is 13.6. The first-order valence-electron chi connectivity index (χ1n) is 7.00. The van der Waals surface area contributed by atoms with Crippen molar-refractivity contribution >= 4 is 34.7 Å². The molecule has 0 radical (unpaired) electrons. The number of benzene rings is 1. The molecule has 126 valence electrons. The molecule has 0 fully saturated rings. The minimum atomic E-state index is -0.714. The fourth-order valence-electron chi connectivity index (χ4n) is 1.95. The Labute approximate surface area is 145 Å². The van der Waals surface area contributed by atoms with Crippen molar-refractivity contribution in [1.29, 1.82) is 0 Å². The number of pyridine rings is 1. The monoisotopic (exact) mass is 361 g/mol. The molecule has 2 aromatic heterocycles. The molecule has 0 saturated heterocycles. The predicted molar refractivity (Wildman–Crippen MR) is 88.9 cm³/mol. The lowest BCUT2D eigenvalue weighted by atomic mass is 10.2. The average Bonchev–Trinajstić information content (AvgIpc) is 2.60. The largest absolute Gasteiger partial charge is 0.338 e. The molecular weight excluding hydrogens is 352 g/mol. The molecular formula is C16H10ClF2N5O. The summed E-state index contributed by atoms with van der Waals surface area (Å²) in [6, 6.07) is 8.82. The minimum Gasteiger partial charge on any atom is -0.338 e. The zero-order valence-electron chi connectivity index (χ0n) is 12.5. The van der Waals surface area contributed by atoms with E-state index in [2.05, 4.69) is 25.6 Å². The van der Waals surface area contributed by atoms with Crippen molar-refractivity contribution in [2.75, 3.05) is 10.6 Å². The molecule has 0 aliphatic heterocycles. The van der Waals surface area contributed by atoms with Crippen LogP contribution in [0.3, 0.4) is 0 Å². The van der Waals surface area contributed by atoms with Crippen molar-refractivity contribution in [2.24, 2.45) is 0 Å². The van der Waals surface area contributed by atoms with Crippen LogP contribution in [-0.4, -0.2) is 20.9 Å². The summed E-state index contributed by atoms with van der Waals surface area (Å²) >= 11 is 5.62. The van der Waals surface area contributed by atoms with E-state index in [-0.39, 0.29) is 16.8 Å². The molecule has 25 heavy (non-hydrogen) atoms. The number of carbonyl (C=O) groups excluding carboxylic acids is 1. The lowest BCUT2D eigenvalue weighted by Crippen LogP contribution is -2.15. The smallest absolute Gasteiger partial charge is 0.277 e. The van der Waals surface area contributed by atoms with Gasteiger partial charge in [0.05, 0.1) is 6.20 Å². The molecule has 0 unspecified atom stereocenters. The van der Waals surface area contributed by atoms with Crippen molar-refractivity contribution < 1.29 is 13.6 Å². The molecule has 9 heteroatoms. The molecule has 0 atom stereocenters. The Kier molecular flexibility index (Phi) is 4.80. The summed E-state index contributed by atoms with van der Waals surface area (Å²) in [4.78, 5) is 22.9. The van der Waals surface area contributed by atoms with Crippen molar-refractivity contribution in [3.8, 4) is 0 Å². The summed E-state index contributed by atoms with van der Waals surface area (Å²) in [5.74, 6) is -2.12. The normalized spacial score (nSPS) is 10.4. The van der Waals surface area contributed by atoms with Crippen LogP contribution in [0.25, 0.3) is 0 Å². The number of hydrogen-bond donors (Lipinski definition) is 2. The highest BCUT2D eigenvalue weighted by Crippen LogP contribution is 2.20. The van der Waals surface area contributed by atoms with Crippen LogP contribution in [0.1, 0.15) is 10.5 Å². The summed E-state index contributed by atoms with van der Waals surface area (Å²) < 4.78 is 27.1. The lowest BCUT2D eigenvalue weighted by Gasteiger charge is -2.09. The number of nitrogens with zero attached hydrogens (tertiary/aromatic N) is 3. The van der Waals surface area contributed by atoms with E-state index in [4.69, 9.17) is 11.6 Å². The van der Waals surface area contributed by atoms with Crippen LogP contribution in [0, 0.1) is 11.6 Å². The number of hydrogen-bond acceptors (Lipinski definition) is 5. The van der Waals surface area contributed by atoms with E-state index >= 15 is 0 Å². The Morgan fingerprint density at radius 3 is 2.44 bits per heavy atom. The molecule has 1 aromatic carbocycles. The molecule has 0 aliphatic rings. The molecule has 2 N–H and O–H groups in total. The summed E-state index contributed by atoms with van der Waals surface area (Å²) in [6.45, 7) is 0. The van der Waals surface area contributed by atoms with Gasteiger partial charge in [-0.25, -0.2) is 18.7 Å². The van der Waals surface area contributed by atoms with Crippen LogP contribution in [0.2, 0.25) is 5.28 Å². The van der Waals surface area contributed by atoms with E-state index in [1.165, 1.54) is 12.3 Å². The summed E-state index contributed by atoms with van der Waals surface area (Å²) in [5, 5.41) is 5.17. The van der Waals surface area contributed by atoms with Crippen LogP contribution in [-0.2, 0) is 0 Å². The Bertz CT molecular complexity index is 921. The second-order valence-corrected chi connectivity index (χ2v) is 5.16. The van der Waals surface area contributed by atoms with Gasteiger partial charge in [-0.2, -0.15) is 4.98 Å². The first-order chi connectivity index (χ1) is 12.0. The quantitative estimate of drug-likeness (QED) is 0.691.